The van der Waals surface area contributed by atoms with Crippen LogP contribution < -0.4 is 10.5 Å². The van der Waals surface area contributed by atoms with E-state index in [4.69, 9.17) is 5.73 Å². The highest BCUT2D eigenvalue weighted by atomic mass is 32.2. The third-order valence-corrected chi connectivity index (χ3v) is 4.87. The third kappa shape index (κ3) is 4.51. The van der Waals surface area contributed by atoms with E-state index in [0.29, 0.717) is 22.7 Å². The summed E-state index contributed by atoms with van der Waals surface area (Å²) < 4.78 is 26.7. The van der Waals surface area contributed by atoms with Gasteiger partial charge in [0.1, 0.15) is 0 Å². The van der Waals surface area contributed by atoms with Gasteiger partial charge in [-0.1, -0.05) is 0 Å². The molecule has 0 aromatic heterocycles. The zero-order valence-corrected chi connectivity index (χ0v) is 12.4. The molecule has 0 bridgehead atoms. The standard InChI is InChI=1S/C12H20N2O2S2/c1-10-9-11(13)5-6-12(10)18(15,16)14-7-3-4-8-17-2/h5-6,9,14H,3-4,7-8,13H2,1-2H3. The first-order valence-corrected chi connectivity index (χ1v) is 8.70. The van der Waals surface area contributed by atoms with Crippen molar-refractivity contribution in [3.05, 3.63) is 23.8 Å². The summed E-state index contributed by atoms with van der Waals surface area (Å²) in [5.41, 5.74) is 6.86. The molecule has 1 aromatic rings. The molecule has 0 aliphatic heterocycles. The summed E-state index contributed by atoms with van der Waals surface area (Å²) in [5, 5.41) is 0. The Labute approximate surface area is 113 Å². The fourth-order valence-corrected chi connectivity index (χ4v) is 3.42. The molecule has 1 rings (SSSR count). The van der Waals surface area contributed by atoms with Crippen LogP contribution in [0.3, 0.4) is 0 Å². The normalized spacial score (nSPS) is 11.7. The van der Waals surface area contributed by atoms with Gasteiger partial charge in [-0.2, -0.15) is 11.8 Å². The molecule has 0 radical (unpaired) electrons. The lowest BCUT2D eigenvalue weighted by Crippen LogP contribution is -2.25. The highest BCUT2D eigenvalue weighted by molar-refractivity contribution is 7.98. The Kier molecular flexibility index (Phi) is 5.98. The van der Waals surface area contributed by atoms with Gasteiger partial charge in [0.05, 0.1) is 4.90 Å². The lowest BCUT2D eigenvalue weighted by atomic mass is 10.2. The van der Waals surface area contributed by atoms with Gasteiger partial charge in [0, 0.05) is 12.2 Å². The van der Waals surface area contributed by atoms with E-state index in [0.717, 1.165) is 18.6 Å². The molecular formula is C12H20N2O2S2. The monoisotopic (exact) mass is 288 g/mol. The lowest BCUT2D eigenvalue weighted by Gasteiger charge is -2.09. The fourth-order valence-electron chi connectivity index (χ4n) is 1.63. The van der Waals surface area contributed by atoms with E-state index in [1.807, 2.05) is 6.26 Å². The molecule has 18 heavy (non-hydrogen) atoms. The molecule has 0 aliphatic carbocycles. The third-order valence-electron chi connectivity index (χ3n) is 2.56. The Morgan fingerprint density at radius 1 is 1.33 bits per heavy atom. The number of hydrogen-bond donors (Lipinski definition) is 2. The van der Waals surface area contributed by atoms with Crippen LogP contribution in [0.5, 0.6) is 0 Å². The molecule has 0 saturated carbocycles. The molecule has 0 unspecified atom stereocenters. The number of sulfonamides is 1. The number of nitrogens with one attached hydrogen (secondary N) is 1. The minimum Gasteiger partial charge on any atom is -0.399 e. The number of unbranched alkanes of at least 4 members (excludes halogenated alkanes) is 1. The van der Waals surface area contributed by atoms with Crippen molar-refractivity contribution in [2.24, 2.45) is 0 Å². The van der Waals surface area contributed by atoms with Crippen molar-refractivity contribution in [3.63, 3.8) is 0 Å². The summed E-state index contributed by atoms with van der Waals surface area (Å²) in [6, 6.07) is 4.83. The molecule has 6 heteroatoms. The summed E-state index contributed by atoms with van der Waals surface area (Å²) in [4.78, 5) is 0.307. The first kappa shape index (κ1) is 15.3. The number of thioether (sulfide) groups is 1. The fraction of sp³-hybridized carbons (Fsp3) is 0.500. The molecule has 0 spiro atoms. The highest BCUT2D eigenvalue weighted by Crippen LogP contribution is 2.17. The van der Waals surface area contributed by atoms with Gasteiger partial charge in [-0.25, -0.2) is 13.1 Å². The summed E-state index contributed by atoms with van der Waals surface area (Å²) in [7, 11) is -3.41. The van der Waals surface area contributed by atoms with Crippen molar-refractivity contribution in [1.29, 1.82) is 0 Å². The molecule has 3 N–H and O–H groups in total. The Balaban J connectivity index is 2.63. The summed E-state index contributed by atoms with van der Waals surface area (Å²) >= 11 is 1.77. The molecule has 102 valence electrons. The zero-order chi connectivity index (χ0) is 13.6. The molecule has 0 aliphatic rings. The van der Waals surface area contributed by atoms with Crippen LogP contribution in [0.15, 0.2) is 23.1 Å². The van der Waals surface area contributed by atoms with Crippen LogP contribution in [0.2, 0.25) is 0 Å². The van der Waals surface area contributed by atoms with E-state index in [1.165, 1.54) is 0 Å². The van der Waals surface area contributed by atoms with Crippen LogP contribution in [0, 0.1) is 6.92 Å². The average molecular weight is 288 g/mol. The van der Waals surface area contributed by atoms with Gasteiger partial charge in [-0.15, -0.1) is 0 Å². The molecule has 0 atom stereocenters. The van der Waals surface area contributed by atoms with E-state index >= 15 is 0 Å². The molecule has 4 nitrogen and oxygen atoms in total. The first-order chi connectivity index (χ1) is 8.47. The van der Waals surface area contributed by atoms with Crippen molar-refractivity contribution in [2.75, 3.05) is 24.3 Å². The Hall–Kier alpha value is -0.720. The maximum Gasteiger partial charge on any atom is 0.240 e. The van der Waals surface area contributed by atoms with Crippen LogP contribution >= 0.6 is 11.8 Å². The van der Waals surface area contributed by atoms with Crippen LogP contribution in [-0.2, 0) is 10.0 Å². The van der Waals surface area contributed by atoms with Gasteiger partial charge in [0.2, 0.25) is 10.0 Å². The number of nitrogens with two attached hydrogens (primary N) is 1. The SMILES string of the molecule is CSCCCCNS(=O)(=O)c1ccc(N)cc1C. The number of benzene rings is 1. The first-order valence-electron chi connectivity index (χ1n) is 5.82. The number of nitrogen functional groups attached to an aromatic ring is 1. The minimum atomic E-state index is -3.41. The quantitative estimate of drug-likeness (QED) is 0.594. The second-order valence-electron chi connectivity index (χ2n) is 4.12. The topological polar surface area (TPSA) is 72.2 Å². The number of anilines is 1. The van der Waals surface area contributed by atoms with Gasteiger partial charge in [-0.3, -0.25) is 0 Å². The van der Waals surface area contributed by atoms with Gasteiger partial charge < -0.3 is 5.73 Å². The molecule has 0 heterocycles. The molecule has 0 amide bonds. The van der Waals surface area contributed by atoms with E-state index < -0.39 is 10.0 Å². The van der Waals surface area contributed by atoms with Gasteiger partial charge in [0.25, 0.3) is 0 Å². The largest absolute Gasteiger partial charge is 0.399 e. The molecule has 1 aromatic carbocycles. The van der Waals surface area contributed by atoms with Crippen LogP contribution in [0.4, 0.5) is 5.69 Å². The van der Waals surface area contributed by atoms with Crippen LogP contribution in [0.25, 0.3) is 0 Å². The molecule has 0 fully saturated rings. The van der Waals surface area contributed by atoms with Crippen molar-refractivity contribution in [3.8, 4) is 0 Å². The number of hydrogen-bond acceptors (Lipinski definition) is 4. The van der Waals surface area contributed by atoms with Gasteiger partial charge in [-0.05, 0) is 55.5 Å². The van der Waals surface area contributed by atoms with Crippen molar-refractivity contribution in [1.82, 2.24) is 4.72 Å². The van der Waals surface area contributed by atoms with Crippen LogP contribution in [0.1, 0.15) is 18.4 Å². The Morgan fingerprint density at radius 2 is 2.06 bits per heavy atom. The summed E-state index contributed by atoms with van der Waals surface area (Å²) in [6.07, 6.45) is 3.92. The van der Waals surface area contributed by atoms with E-state index in [2.05, 4.69) is 4.72 Å². The summed E-state index contributed by atoms with van der Waals surface area (Å²) in [6.45, 7) is 2.23. The van der Waals surface area contributed by atoms with E-state index in [-0.39, 0.29) is 0 Å². The predicted molar refractivity (Wildman–Crippen MR) is 78.4 cm³/mol. The number of rotatable bonds is 7. The van der Waals surface area contributed by atoms with Crippen molar-refractivity contribution >= 4 is 27.5 Å². The lowest BCUT2D eigenvalue weighted by molar-refractivity contribution is 0.578. The average Bonchev–Trinajstić information content (AvgIpc) is 2.28. The molecular weight excluding hydrogens is 268 g/mol. The Morgan fingerprint density at radius 3 is 2.67 bits per heavy atom. The van der Waals surface area contributed by atoms with Crippen molar-refractivity contribution in [2.45, 2.75) is 24.7 Å². The number of aryl methyl sites for hydroxylation is 1. The highest BCUT2D eigenvalue weighted by Gasteiger charge is 2.15. The second-order valence-corrected chi connectivity index (χ2v) is 6.84. The smallest absolute Gasteiger partial charge is 0.240 e. The minimum absolute atomic E-state index is 0.307. The maximum atomic E-state index is 12.0. The zero-order valence-electron chi connectivity index (χ0n) is 10.8. The Bertz CT molecular complexity index is 487. The summed E-state index contributed by atoms with van der Waals surface area (Å²) in [5.74, 6) is 1.06. The maximum absolute atomic E-state index is 12.0. The van der Waals surface area contributed by atoms with Gasteiger partial charge in [0.15, 0.2) is 0 Å². The van der Waals surface area contributed by atoms with E-state index in [1.54, 1.807) is 36.9 Å². The van der Waals surface area contributed by atoms with Crippen molar-refractivity contribution < 1.29 is 8.42 Å². The van der Waals surface area contributed by atoms with Crippen LogP contribution in [-0.4, -0.2) is 27.0 Å². The predicted octanol–water partition coefficient (Wildman–Crippen LogP) is 2.00. The second kappa shape index (κ2) is 7.01. The van der Waals surface area contributed by atoms with Gasteiger partial charge >= 0.3 is 0 Å². The van der Waals surface area contributed by atoms with E-state index in [9.17, 15) is 8.42 Å². The molecule has 0 saturated heterocycles.